The minimum atomic E-state index is -0.489. The van der Waals surface area contributed by atoms with Crippen molar-refractivity contribution in [2.45, 2.75) is 50.0 Å². The Hall–Kier alpha value is -0.840. The highest BCUT2D eigenvalue weighted by Gasteiger charge is 2.15. The van der Waals surface area contributed by atoms with E-state index in [4.69, 9.17) is 5.73 Å². The van der Waals surface area contributed by atoms with E-state index in [-0.39, 0.29) is 5.82 Å². The van der Waals surface area contributed by atoms with E-state index in [2.05, 4.69) is 9.97 Å². The first-order valence-electron chi connectivity index (χ1n) is 6.07. The van der Waals surface area contributed by atoms with Crippen molar-refractivity contribution in [1.82, 2.24) is 9.97 Å². The van der Waals surface area contributed by atoms with Gasteiger partial charge in [0.2, 0.25) is 0 Å². The van der Waals surface area contributed by atoms with E-state index in [0.717, 1.165) is 5.75 Å². The molecule has 1 aromatic rings. The van der Waals surface area contributed by atoms with Crippen LogP contribution in [0.5, 0.6) is 0 Å². The fourth-order valence-corrected chi connectivity index (χ4v) is 3.31. The lowest BCUT2D eigenvalue weighted by molar-refractivity contribution is 0.516. The SMILES string of the molecule is Cc1nc(CSC2CCCCC2)nc(N)c1F. The van der Waals surface area contributed by atoms with Crippen molar-refractivity contribution in [3.63, 3.8) is 0 Å². The lowest BCUT2D eigenvalue weighted by Gasteiger charge is -2.20. The molecule has 2 rings (SSSR count). The van der Waals surface area contributed by atoms with Crippen LogP contribution >= 0.6 is 11.8 Å². The number of aromatic nitrogens is 2. The van der Waals surface area contributed by atoms with Crippen molar-refractivity contribution >= 4 is 17.6 Å². The van der Waals surface area contributed by atoms with Gasteiger partial charge in [-0.25, -0.2) is 14.4 Å². The Morgan fingerprint density at radius 1 is 1.29 bits per heavy atom. The average molecular weight is 255 g/mol. The van der Waals surface area contributed by atoms with Gasteiger partial charge >= 0.3 is 0 Å². The van der Waals surface area contributed by atoms with E-state index in [1.54, 1.807) is 6.92 Å². The molecule has 0 aromatic carbocycles. The maximum absolute atomic E-state index is 13.2. The van der Waals surface area contributed by atoms with Gasteiger partial charge in [-0.1, -0.05) is 19.3 Å². The highest BCUT2D eigenvalue weighted by Crippen LogP contribution is 2.30. The normalized spacial score (nSPS) is 17.3. The van der Waals surface area contributed by atoms with E-state index in [1.165, 1.54) is 32.1 Å². The summed E-state index contributed by atoms with van der Waals surface area (Å²) >= 11 is 1.87. The number of halogens is 1. The molecular formula is C12H18FN3S. The van der Waals surface area contributed by atoms with Crippen LogP contribution in [0.1, 0.15) is 43.6 Å². The molecule has 3 nitrogen and oxygen atoms in total. The quantitative estimate of drug-likeness (QED) is 0.901. The molecule has 1 aliphatic carbocycles. The van der Waals surface area contributed by atoms with Gasteiger partial charge in [0, 0.05) is 5.25 Å². The van der Waals surface area contributed by atoms with Gasteiger partial charge in [0.15, 0.2) is 11.6 Å². The fraction of sp³-hybridized carbons (Fsp3) is 0.667. The van der Waals surface area contributed by atoms with Crippen LogP contribution in [-0.4, -0.2) is 15.2 Å². The lowest BCUT2D eigenvalue weighted by atomic mass is 10.0. The van der Waals surface area contributed by atoms with Crippen molar-refractivity contribution in [2.75, 3.05) is 5.73 Å². The van der Waals surface area contributed by atoms with Gasteiger partial charge in [-0.2, -0.15) is 11.8 Å². The van der Waals surface area contributed by atoms with Crippen LogP contribution in [0.25, 0.3) is 0 Å². The first kappa shape index (κ1) is 12.6. The Morgan fingerprint density at radius 3 is 2.65 bits per heavy atom. The maximum Gasteiger partial charge on any atom is 0.186 e. The second-order valence-corrected chi connectivity index (χ2v) is 5.78. The van der Waals surface area contributed by atoms with Crippen LogP contribution in [0.2, 0.25) is 0 Å². The van der Waals surface area contributed by atoms with E-state index < -0.39 is 5.82 Å². The molecule has 0 saturated heterocycles. The monoisotopic (exact) mass is 255 g/mol. The van der Waals surface area contributed by atoms with Crippen molar-refractivity contribution in [2.24, 2.45) is 0 Å². The number of anilines is 1. The molecule has 0 unspecified atom stereocenters. The maximum atomic E-state index is 13.2. The highest BCUT2D eigenvalue weighted by molar-refractivity contribution is 7.99. The molecule has 1 aromatic heterocycles. The van der Waals surface area contributed by atoms with Crippen LogP contribution < -0.4 is 5.73 Å². The van der Waals surface area contributed by atoms with Crippen LogP contribution in [0, 0.1) is 12.7 Å². The Bertz CT molecular complexity index is 368. The predicted molar refractivity (Wildman–Crippen MR) is 69.3 cm³/mol. The molecule has 0 radical (unpaired) electrons. The zero-order valence-corrected chi connectivity index (χ0v) is 10.9. The Morgan fingerprint density at radius 2 is 2.00 bits per heavy atom. The number of nitrogen functional groups attached to an aromatic ring is 1. The summed E-state index contributed by atoms with van der Waals surface area (Å²) in [7, 11) is 0. The third-order valence-electron chi connectivity index (χ3n) is 3.09. The molecule has 0 spiro atoms. The number of aryl methyl sites for hydroxylation is 1. The van der Waals surface area contributed by atoms with Crippen molar-refractivity contribution in [3.05, 3.63) is 17.3 Å². The molecule has 5 heteroatoms. The fourth-order valence-electron chi connectivity index (χ4n) is 2.13. The summed E-state index contributed by atoms with van der Waals surface area (Å²) in [4.78, 5) is 8.12. The largest absolute Gasteiger partial charge is 0.381 e. The molecule has 17 heavy (non-hydrogen) atoms. The second kappa shape index (κ2) is 5.67. The lowest BCUT2D eigenvalue weighted by Crippen LogP contribution is -2.10. The summed E-state index contributed by atoms with van der Waals surface area (Å²) in [5, 5.41) is 0.707. The molecule has 1 saturated carbocycles. The second-order valence-electron chi connectivity index (χ2n) is 4.50. The Labute approximate surface area is 105 Å². The first-order valence-corrected chi connectivity index (χ1v) is 7.12. The third kappa shape index (κ3) is 3.31. The summed E-state index contributed by atoms with van der Waals surface area (Å²) in [6.45, 7) is 1.63. The van der Waals surface area contributed by atoms with Gasteiger partial charge < -0.3 is 5.73 Å². The number of hydrogen-bond donors (Lipinski definition) is 1. The van der Waals surface area contributed by atoms with Crippen LogP contribution in [-0.2, 0) is 5.75 Å². The van der Waals surface area contributed by atoms with Gasteiger partial charge in [0.25, 0.3) is 0 Å². The van der Waals surface area contributed by atoms with E-state index in [9.17, 15) is 4.39 Å². The summed E-state index contributed by atoms with van der Waals surface area (Å²) < 4.78 is 13.2. The van der Waals surface area contributed by atoms with Crippen LogP contribution in [0.4, 0.5) is 10.2 Å². The molecular weight excluding hydrogens is 237 g/mol. The molecule has 0 aliphatic heterocycles. The third-order valence-corrected chi connectivity index (χ3v) is 4.46. The first-order chi connectivity index (χ1) is 8.16. The number of rotatable bonds is 3. The van der Waals surface area contributed by atoms with Crippen molar-refractivity contribution < 1.29 is 4.39 Å². The minimum Gasteiger partial charge on any atom is -0.381 e. The van der Waals surface area contributed by atoms with Gasteiger partial charge in [-0.3, -0.25) is 0 Å². The van der Waals surface area contributed by atoms with Crippen molar-refractivity contribution in [3.8, 4) is 0 Å². The molecule has 0 amide bonds. The summed E-state index contributed by atoms with van der Waals surface area (Å²) in [6.07, 6.45) is 6.56. The molecule has 1 fully saturated rings. The van der Waals surface area contributed by atoms with Gasteiger partial charge in [0.1, 0.15) is 5.82 Å². The summed E-state index contributed by atoms with van der Waals surface area (Å²) in [5.41, 5.74) is 5.84. The standard InChI is InChI=1S/C12H18FN3S/c1-8-11(13)12(14)16-10(15-8)7-17-9-5-3-2-4-6-9/h9H,2-7H2,1H3,(H2,14,15,16). The topological polar surface area (TPSA) is 51.8 Å². The smallest absolute Gasteiger partial charge is 0.186 e. The predicted octanol–water partition coefficient (Wildman–Crippen LogP) is 3.07. The number of nitrogens with zero attached hydrogens (tertiary/aromatic N) is 2. The van der Waals surface area contributed by atoms with Crippen LogP contribution in [0.3, 0.4) is 0 Å². The van der Waals surface area contributed by atoms with Gasteiger partial charge in [0.05, 0.1) is 11.4 Å². The zero-order chi connectivity index (χ0) is 12.3. The van der Waals surface area contributed by atoms with E-state index in [0.29, 0.717) is 16.8 Å². The summed E-state index contributed by atoms with van der Waals surface area (Å²) in [6, 6.07) is 0. The Kier molecular flexibility index (Phi) is 4.20. The van der Waals surface area contributed by atoms with E-state index in [1.807, 2.05) is 11.8 Å². The summed E-state index contributed by atoms with van der Waals surface area (Å²) in [5.74, 6) is 0.862. The number of nitrogens with two attached hydrogens (primary N) is 1. The van der Waals surface area contributed by atoms with E-state index >= 15 is 0 Å². The van der Waals surface area contributed by atoms with Gasteiger partial charge in [-0.15, -0.1) is 0 Å². The Balaban J connectivity index is 1.94. The molecule has 1 aliphatic rings. The number of thioether (sulfide) groups is 1. The minimum absolute atomic E-state index is 0.0308. The molecule has 0 bridgehead atoms. The van der Waals surface area contributed by atoms with Crippen LogP contribution in [0.15, 0.2) is 0 Å². The van der Waals surface area contributed by atoms with Gasteiger partial charge in [-0.05, 0) is 19.8 Å². The molecule has 1 heterocycles. The average Bonchev–Trinajstić information content (AvgIpc) is 2.34. The molecule has 94 valence electrons. The zero-order valence-electron chi connectivity index (χ0n) is 10.1. The molecule has 0 atom stereocenters. The highest BCUT2D eigenvalue weighted by atomic mass is 32.2. The number of hydrogen-bond acceptors (Lipinski definition) is 4. The van der Waals surface area contributed by atoms with Crippen molar-refractivity contribution in [1.29, 1.82) is 0 Å². The molecule has 2 N–H and O–H groups in total.